The van der Waals surface area contributed by atoms with Crippen LogP contribution in [0.2, 0.25) is 0 Å². The predicted molar refractivity (Wildman–Crippen MR) is 76.0 cm³/mol. The van der Waals surface area contributed by atoms with Crippen molar-refractivity contribution in [2.24, 2.45) is 0 Å². The van der Waals surface area contributed by atoms with Crippen LogP contribution in [0.5, 0.6) is 0 Å². The summed E-state index contributed by atoms with van der Waals surface area (Å²) in [7, 11) is 3.97. The van der Waals surface area contributed by atoms with Gasteiger partial charge in [0.05, 0.1) is 19.3 Å². The SMILES string of the molecule is CN(C)CCOCCNC(=O)c1noc(C2CCCN2)n1. The second kappa shape index (κ2) is 8.06. The van der Waals surface area contributed by atoms with E-state index in [-0.39, 0.29) is 17.8 Å². The van der Waals surface area contributed by atoms with Gasteiger partial charge in [-0.3, -0.25) is 4.79 Å². The van der Waals surface area contributed by atoms with Gasteiger partial charge in [-0.2, -0.15) is 4.98 Å². The van der Waals surface area contributed by atoms with Crippen LogP contribution >= 0.6 is 0 Å². The Bertz CT molecular complexity index is 443. The normalized spacial score (nSPS) is 18.3. The summed E-state index contributed by atoms with van der Waals surface area (Å²) < 4.78 is 10.5. The molecule has 0 aliphatic carbocycles. The highest BCUT2D eigenvalue weighted by molar-refractivity contribution is 5.90. The van der Waals surface area contributed by atoms with Gasteiger partial charge in [-0.15, -0.1) is 0 Å². The van der Waals surface area contributed by atoms with Crippen molar-refractivity contribution >= 4 is 5.91 Å². The van der Waals surface area contributed by atoms with Crippen LogP contribution in [0.15, 0.2) is 4.52 Å². The summed E-state index contributed by atoms with van der Waals surface area (Å²) >= 11 is 0. The molecule has 118 valence electrons. The Balaban J connectivity index is 1.66. The first-order valence-corrected chi connectivity index (χ1v) is 7.24. The fraction of sp³-hybridized carbons (Fsp3) is 0.769. The molecule has 8 heteroatoms. The topological polar surface area (TPSA) is 92.5 Å². The lowest BCUT2D eigenvalue weighted by atomic mass is 10.2. The molecule has 0 bridgehead atoms. The predicted octanol–water partition coefficient (Wildman–Crippen LogP) is -0.198. The van der Waals surface area contributed by atoms with E-state index in [9.17, 15) is 4.79 Å². The van der Waals surface area contributed by atoms with Gasteiger partial charge >= 0.3 is 0 Å². The highest BCUT2D eigenvalue weighted by Gasteiger charge is 2.24. The summed E-state index contributed by atoms with van der Waals surface area (Å²) in [6.45, 7) is 3.34. The number of amides is 1. The second-order valence-electron chi connectivity index (χ2n) is 5.28. The zero-order valence-electron chi connectivity index (χ0n) is 12.6. The van der Waals surface area contributed by atoms with Crippen molar-refractivity contribution in [1.82, 2.24) is 25.7 Å². The van der Waals surface area contributed by atoms with Crippen LogP contribution in [0.4, 0.5) is 0 Å². The third-order valence-corrected chi connectivity index (χ3v) is 3.22. The van der Waals surface area contributed by atoms with Crippen LogP contribution < -0.4 is 10.6 Å². The Hall–Kier alpha value is -1.51. The van der Waals surface area contributed by atoms with E-state index < -0.39 is 0 Å². The molecule has 2 N–H and O–H groups in total. The molecule has 1 aliphatic heterocycles. The lowest BCUT2D eigenvalue weighted by Crippen LogP contribution is -2.29. The highest BCUT2D eigenvalue weighted by Crippen LogP contribution is 2.20. The maximum Gasteiger partial charge on any atom is 0.292 e. The van der Waals surface area contributed by atoms with E-state index in [2.05, 4.69) is 20.8 Å². The smallest absolute Gasteiger partial charge is 0.292 e. The molecular weight excluding hydrogens is 274 g/mol. The molecule has 8 nitrogen and oxygen atoms in total. The number of hydrogen-bond donors (Lipinski definition) is 2. The molecule has 1 aromatic heterocycles. The molecule has 1 atom stereocenters. The first-order chi connectivity index (χ1) is 10.2. The first-order valence-electron chi connectivity index (χ1n) is 7.24. The van der Waals surface area contributed by atoms with Crippen molar-refractivity contribution in [3.8, 4) is 0 Å². The Morgan fingerprint density at radius 1 is 1.52 bits per heavy atom. The van der Waals surface area contributed by atoms with Crippen molar-refractivity contribution in [3.63, 3.8) is 0 Å². The van der Waals surface area contributed by atoms with Gasteiger partial charge in [-0.25, -0.2) is 0 Å². The van der Waals surface area contributed by atoms with Crippen molar-refractivity contribution in [2.75, 3.05) is 46.9 Å². The molecular formula is C13H23N5O3. The number of rotatable bonds is 8. The van der Waals surface area contributed by atoms with E-state index >= 15 is 0 Å². The molecule has 1 saturated heterocycles. The summed E-state index contributed by atoms with van der Waals surface area (Å²) in [5.74, 6) is 0.228. The Morgan fingerprint density at radius 3 is 3.10 bits per heavy atom. The molecule has 1 fully saturated rings. The van der Waals surface area contributed by atoms with E-state index in [0.717, 1.165) is 25.9 Å². The van der Waals surface area contributed by atoms with E-state index in [0.29, 0.717) is 25.6 Å². The highest BCUT2D eigenvalue weighted by atomic mass is 16.5. The molecule has 2 heterocycles. The van der Waals surface area contributed by atoms with Crippen LogP contribution in [0.1, 0.15) is 35.4 Å². The van der Waals surface area contributed by atoms with E-state index in [4.69, 9.17) is 9.26 Å². The van der Waals surface area contributed by atoms with E-state index in [1.807, 2.05) is 19.0 Å². The van der Waals surface area contributed by atoms with Crippen LogP contribution in [0, 0.1) is 0 Å². The lowest BCUT2D eigenvalue weighted by Gasteiger charge is -2.09. The number of carbonyl (C=O) groups excluding carboxylic acids is 1. The zero-order chi connectivity index (χ0) is 15.1. The summed E-state index contributed by atoms with van der Waals surface area (Å²) in [5, 5.41) is 9.67. The van der Waals surface area contributed by atoms with Crippen LogP contribution in [-0.4, -0.2) is 67.9 Å². The van der Waals surface area contributed by atoms with Crippen molar-refractivity contribution in [1.29, 1.82) is 0 Å². The maximum atomic E-state index is 11.8. The molecule has 0 aromatic carbocycles. The fourth-order valence-corrected chi connectivity index (χ4v) is 2.03. The fourth-order valence-electron chi connectivity index (χ4n) is 2.03. The number of nitrogens with zero attached hydrogens (tertiary/aromatic N) is 3. The van der Waals surface area contributed by atoms with E-state index in [1.165, 1.54) is 0 Å². The number of likely N-dealkylation sites (N-methyl/N-ethyl adjacent to an activating group) is 1. The van der Waals surface area contributed by atoms with Crippen LogP contribution in [-0.2, 0) is 4.74 Å². The summed E-state index contributed by atoms with van der Waals surface area (Å²) in [6.07, 6.45) is 2.04. The number of ether oxygens (including phenoxy) is 1. The minimum atomic E-state index is -0.334. The number of nitrogens with one attached hydrogen (secondary N) is 2. The zero-order valence-corrected chi connectivity index (χ0v) is 12.6. The first kappa shape index (κ1) is 15.9. The van der Waals surface area contributed by atoms with Crippen molar-refractivity contribution in [3.05, 3.63) is 11.7 Å². The molecule has 1 amide bonds. The molecule has 21 heavy (non-hydrogen) atoms. The molecule has 0 spiro atoms. The standard InChI is InChI=1S/C13H23N5O3/c1-18(2)7-9-20-8-6-15-12(19)11-16-13(21-17-11)10-4-3-5-14-10/h10,14H,3-9H2,1-2H3,(H,15,19). The van der Waals surface area contributed by atoms with Crippen LogP contribution in [0.3, 0.4) is 0 Å². The van der Waals surface area contributed by atoms with Crippen molar-refractivity contribution < 1.29 is 14.1 Å². The molecule has 0 saturated carbocycles. The molecule has 1 unspecified atom stereocenters. The Kier molecular flexibility index (Phi) is 6.09. The van der Waals surface area contributed by atoms with Crippen molar-refractivity contribution in [2.45, 2.75) is 18.9 Å². The average molecular weight is 297 g/mol. The van der Waals surface area contributed by atoms with Gasteiger partial charge in [-0.1, -0.05) is 5.16 Å². The van der Waals surface area contributed by atoms with Gasteiger partial charge in [0.25, 0.3) is 11.7 Å². The molecule has 1 aliphatic rings. The second-order valence-corrected chi connectivity index (χ2v) is 5.28. The summed E-state index contributed by atoms with van der Waals surface area (Å²) in [5.41, 5.74) is 0. The van der Waals surface area contributed by atoms with Gasteiger partial charge < -0.3 is 24.8 Å². The number of aromatic nitrogens is 2. The van der Waals surface area contributed by atoms with Gasteiger partial charge in [0.2, 0.25) is 5.89 Å². The maximum absolute atomic E-state index is 11.8. The van der Waals surface area contributed by atoms with Gasteiger partial charge in [0.1, 0.15) is 0 Å². The summed E-state index contributed by atoms with van der Waals surface area (Å²) in [4.78, 5) is 18.0. The van der Waals surface area contributed by atoms with Gasteiger partial charge in [-0.05, 0) is 33.5 Å². The van der Waals surface area contributed by atoms with Crippen LogP contribution in [0.25, 0.3) is 0 Å². The van der Waals surface area contributed by atoms with E-state index in [1.54, 1.807) is 0 Å². The molecule has 1 aromatic rings. The lowest BCUT2D eigenvalue weighted by molar-refractivity contribution is 0.0888. The minimum absolute atomic E-state index is 0.0759. The Morgan fingerprint density at radius 2 is 2.38 bits per heavy atom. The third kappa shape index (κ3) is 5.07. The largest absolute Gasteiger partial charge is 0.378 e. The monoisotopic (exact) mass is 297 g/mol. The van der Waals surface area contributed by atoms with Gasteiger partial charge in [0.15, 0.2) is 0 Å². The molecule has 2 rings (SSSR count). The third-order valence-electron chi connectivity index (χ3n) is 3.22. The quantitative estimate of drug-likeness (QED) is 0.642. The Labute approximate surface area is 124 Å². The number of hydrogen-bond acceptors (Lipinski definition) is 7. The molecule has 0 radical (unpaired) electrons. The summed E-state index contributed by atoms with van der Waals surface area (Å²) in [6, 6.07) is 0.0772. The minimum Gasteiger partial charge on any atom is -0.378 e. The van der Waals surface area contributed by atoms with Gasteiger partial charge in [0, 0.05) is 13.1 Å². The number of carbonyl (C=O) groups is 1. The average Bonchev–Trinajstić information content (AvgIpc) is 3.11.